The number of aliphatic hydroxyl groups is 2. The first-order valence-electron chi connectivity index (χ1n) is 2.67. The van der Waals surface area contributed by atoms with Gasteiger partial charge in [0.15, 0.2) is 5.78 Å². The number of nitrogens with two attached hydrogens (primary N) is 1. The van der Waals surface area contributed by atoms with E-state index in [1.165, 1.54) is 6.92 Å². The van der Waals surface area contributed by atoms with Gasteiger partial charge in [-0.1, -0.05) is 0 Å². The molecular formula is C5H11NO3. The average Bonchev–Trinajstić information content (AvgIpc) is 1.84. The summed E-state index contributed by atoms with van der Waals surface area (Å²) in [4.78, 5) is 10.5. The van der Waals surface area contributed by atoms with Crippen LogP contribution in [0.1, 0.15) is 6.92 Å². The number of hydrogen-bond acceptors (Lipinski definition) is 4. The number of aliphatic hydroxyl groups excluding tert-OH is 2. The zero-order chi connectivity index (χ0) is 7.44. The predicted molar refractivity (Wildman–Crippen MR) is 31.7 cm³/mol. The molecule has 0 saturated heterocycles. The Morgan fingerprint density at radius 2 is 2.22 bits per heavy atom. The van der Waals surface area contributed by atoms with Crippen LogP contribution in [0.25, 0.3) is 0 Å². The van der Waals surface area contributed by atoms with Crippen LogP contribution in [-0.2, 0) is 4.79 Å². The minimum Gasteiger partial charge on any atom is -0.394 e. The lowest BCUT2D eigenvalue weighted by Gasteiger charge is -2.07. The summed E-state index contributed by atoms with van der Waals surface area (Å²) >= 11 is 0. The minimum atomic E-state index is -1.08. The molecule has 0 aromatic rings. The van der Waals surface area contributed by atoms with Crippen LogP contribution < -0.4 is 5.73 Å². The van der Waals surface area contributed by atoms with Crippen molar-refractivity contribution in [2.24, 2.45) is 5.73 Å². The first kappa shape index (κ1) is 8.55. The van der Waals surface area contributed by atoms with Crippen LogP contribution in [0.3, 0.4) is 0 Å². The SMILES string of the molecule is CC(O)C(=O)C(N)CO. The zero-order valence-electron chi connectivity index (χ0n) is 5.24. The number of rotatable bonds is 3. The molecule has 4 N–H and O–H groups in total. The summed E-state index contributed by atoms with van der Waals surface area (Å²) in [5.41, 5.74) is 5.06. The van der Waals surface area contributed by atoms with E-state index in [-0.39, 0.29) is 0 Å². The van der Waals surface area contributed by atoms with Gasteiger partial charge >= 0.3 is 0 Å². The fourth-order valence-electron chi connectivity index (χ4n) is 0.400. The Kier molecular flexibility index (Phi) is 3.37. The molecule has 0 spiro atoms. The van der Waals surface area contributed by atoms with Crippen molar-refractivity contribution < 1.29 is 15.0 Å². The van der Waals surface area contributed by atoms with Gasteiger partial charge in [0.2, 0.25) is 0 Å². The summed E-state index contributed by atoms with van der Waals surface area (Å²) in [7, 11) is 0. The van der Waals surface area contributed by atoms with Crippen LogP contribution in [0.4, 0.5) is 0 Å². The monoisotopic (exact) mass is 133 g/mol. The Labute approximate surface area is 53.3 Å². The van der Waals surface area contributed by atoms with Gasteiger partial charge in [0.05, 0.1) is 12.6 Å². The van der Waals surface area contributed by atoms with E-state index in [0.717, 1.165) is 0 Å². The molecule has 0 aliphatic carbocycles. The van der Waals surface area contributed by atoms with Crippen LogP contribution in [0.2, 0.25) is 0 Å². The van der Waals surface area contributed by atoms with Gasteiger partial charge < -0.3 is 15.9 Å². The fourth-order valence-corrected chi connectivity index (χ4v) is 0.400. The third-order valence-corrected chi connectivity index (χ3v) is 0.974. The Morgan fingerprint density at radius 3 is 2.33 bits per heavy atom. The highest BCUT2D eigenvalue weighted by atomic mass is 16.3. The molecule has 0 amide bonds. The van der Waals surface area contributed by atoms with Gasteiger partial charge in [-0.25, -0.2) is 0 Å². The third-order valence-electron chi connectivity index (χ3n) is 0.974. The zero-order valence-corrected chi connectivity index (χ0v) is 5.24. The van der Waals surface area contributed by atoms with Crippen molar-refractivity contribution in [1.82, 2.24) is 0 Å². The summed E-state index contributed by atoms with van der Waals surface area (Å²) in [6.07, 6.45) is -1.08. The molecule has 54 valence electrons. The van der Waals surface area contributed by atoms with Crippen LogP contribution >= 0.6 is 0 Å². The van der Waals surface area contributed by atoms with Gasteiger partial charge in [-0.2, -0.15) is 0 Å². The van der Waals surface area contributed by atoms with Crippen LogP contribution in [-0.4, -0.2) is 34.7 Å². The van der Waals surface area contributed by atoms with Crippen LogP contribution in [0, 0.1) is 0 Å². The van der Waals surface area contributed by atoms with Gasteiger partial charge in [0.25, 0.3) is 0 Å². The topological polar surface area (TPSA) is 83.5 Å². The summed E-state index contributed by atoms with van der Waals surface area (Å²) in [6, 6.07) is -0.940. The molecule has 0 aliphatic rings. The number of ketones is 1. The highest BCUT2D eigenvalue weighted by Gasteiger charge is 2.16. The smallest absolute Gasteiger partial charge is 0.179 e. The molecule has 9 heavy (non-hydrogen) atoms. The van der Waals surface area contributed by atoms with E-state index < -0.39 is 24.5 Å². The molecule has 0 radical (unpaired) electrons. The quantitative estimate of drug-likeness (QED) is 0.426. The highest BCUT2D eigenvalue weighted by molar-refractivity contribution is 5.87. The molecule has 0 saturated carbocycles. The lowest BCUT2D eigenvalue weighted by Crippen LogP contribution is -2.39. The first-order chi connectivity index (χ1) is 4.09. The average molecular weight is 133 g/mol. The minimum absolute atomic E-state index is 0.413. The van der Waals surface area contributed by atoms with E-state index in [2.05, 4.69) is 0 Å². The number of hydrogen-bond donors (Lipinski definition) is 3. The Hall–Kier alpha value is -0.450. The largest absolute Gasteiger partial charge is 0.394 e. The maximum atomic E-state index is 10.5. The number of carbonyl (C=O) groups is 1. The van der Waals surface area contributed by atoms with Gasteiger partial charge in [0.1, 0.15) is 6.10 Å². The normalized spacial score (nSPS) is 16.9. The molecule has 4 nitrogen and oxygen atoms in total. The van der Waals surface area contributed by atoms with Crippen molar-refractivity contribution in [2.75, 3.05) is 6.61 Å². The fraction of sp³-hybridized carbons (Fsp3) is 0.800. The summed E-state index contributed by atoms with van der Waals surface area (Å²) < 4.78 is 0. The summed E-state index contributed by atoms with van der Waals surface area (Å²) in [5.74, 6) is -0.530. The van der Waals surface area contributed by atoms with E-state index in [1.54, 1.807) is 0 Å². The Morgan fingerprint density at radius 1 is 1.78 bits per heavy atom. The van der Waals surface area contributed by atoms with Gasteiger partial charge in [0, 0.05) is 0 Å². The standard InChI is InChI=1S/C5H11NO3/c1-3(8)5(9)4(6)2-7/h3-4,7-8H,2,6H2,1H3. The molecule has 0 fully saturated rings. The number of Topliss-reactive ketones (excluding diaryl/α,β-unsaturated/α-hetero) is 1. The van der Waals surface area contributed by atoms with E-state index in [9.17, 15) is 4.79 Å². The van der Waals surface area contributed by atoms with E-state index >= 15 is 0 Å². The Bertz CT molecular complexity index is 102. The second kappa shape index (κ2) is 3.55. The third kappa shape index (κ3) is 2.55. The molecule has 2 atom stereocenters. The second-order valence-corrected chi connectivity index (χ2v) is 1.87. The van der Waals surface area contributed by atoms with Crippen LogP contribution in [0.5, 0.6) is 0 Å². The van der Waals surface area contributed by atoms with E-state index in [4.69, 9.17) is 15.9 Å². The van der Waals surface area contributed by atoms with Gasteiger partial charge in [-0.05, 0) is 6.92 Å². The maximum Gasteiger partial charge on any atom is 0.179 e. The Balaban J connectivity index is 3.73. The molecule has 0 aromatic heterocycles. The molecular weight excluding hydrogens is 122 g/mol. The molecule has 0 rings (SSSR count). The molecule has 4 heteroatoms. The summed E-state index contributed by atoms with van der Waals surface area (Å²) in [6.45, 7) is 0.904. The van der Waals surface area contributed by atoms with Crippen molar-refractivity contribution in [2.45, 2.75) is 19.1 Å². The van der Waals surface area contributed by atoms with Crippen molar-refractivity contribution in [3.63, 3.8) is 0 Å². The van der Waals surface area contributed by atoms with E-state index in [1.807, 2.05) is 0 Å². The van der Waals surface area contributed by atoms with Crippen molar-refractivity contribution in [3.05, 3.63) is 0 Å². The van der Waals surface area contributed by atoms with Crippen LogP contribution in [0.15, 0.2) is 0 Å². The van der Waals surface area contributed by atoms with E-state index in [0.29, 0.717) is 0 Å². The van der Waals surface area contributed by atoms with Crippen molar-refractivity contribution in [1.29, 1.82) is 0 Å². The molecule has 0 heterocycles. The molecule has 0 bridgehead atoms. The summed E-state index contributed by atoms with van der Waals surface area (Å²) in [5, 5.41) is 16.9. The van der Waals surface area contributed by atoms with Gasteiger partial charge in [-0.3, -0.25) is 4.79 Å². The first-order valence-corrected chi connectivity index (χ1v) is 2.67. The lowest BCUT2D eigenvalue weighted by atomic mass is 10.1. The second-order valence-electron chi connectivity index (χ2n) is 1.87. The molecule has 0 aliphatic heterocycles. The van der Waals surface area contributed by atoms with Crippen molar-refractivity contribution in [3.8, 4) is 0 Å². The predicted octanol–water partition coefficient (Wildman–Crippen LogP) is -1.74. The molecule has 0 aromatic carbocycles. The molecule has 2 unspecified atom stereocenters. The van der Waals surface area contributed by atoms with Gasteiger partial charge in [-0.15, -0.1) is 0 Å². The van der Waals surface area contributed by atoms with Crippen molar-refractivity contribution >= 4 is 5.78 Å². The maximum absolute atomic E-state index is 10.5. The number of carbonyl (C=O) groups excluding carboxylic acids is 1. The lowest BCUT2D eigenvalue weighted by molar-refractivity contribution is -0.128. The highest BCUT2D eigenvalue weighted by Crippen LogP contribution is 1.87.